The van der Waals surface area contributed by atoms with Crippen molar-refractivity contribution >= 4 is 6.09 Å². The summed E-state index contributed by atoms with van der Waals surface area (Å²) in [5, 5.41) is 22.8. The Bertz CT molecular complexity index is 151. The minimum absolute atomic E-state index is 0.311. The summed E-state index contributed by atoms with van der Waals surface area (Å²) in [7, 11) is 0. The fourth-order valence-electron chi connectivity index (χ4n) is 1.17. The van der Waals surface area contributed by atoms with E-state index in [2.05, 4.69) is 10.6 Å². The molecule has 0 saturated carbocycles. The number of aliphatic hydroxyl groups is 1. The highest BCUT2D eigenvalue weighted by molar-refractivity contribution is 5.64. The molecular weight excluding hydrogens is 148 g/mol. The van der Waals surface area contributed by atoms with Crippen molar-refractivity contribution in [3.63, 3.8) is 0 Å². The Labute approximate surface area is 64.4 Å². The van der Waals surface area contributed by atoms with Gasteiger partial charge in [-0.25, -0.2) is 4.79 Å². The molecule has 1 saturated heterocycles. The molecule has 1 heterocycles. The zero-order valence-corrected chi connectivity index (χ0v) is 6.08. The third-order valence-electron chi connectivity index (χ3n) is 1.76. The van der Waals surface area contributed by atoms with Crippen LogP contribution >= 0.6 is 0 Å². The molecule has 1 amide bonds. The van der Waals surface area contributed by atoms with E-state index in [0.29, 0.717) is 13.0 Å². The van der Waals surface area contributed by atoms with Gasteiger partial charge in [0.1, 0.15) is 0 Å². The lowest BCUT2D eigenvalue weighted by atomic mass is 10.0. The van der Waals surface area contributed by atoms with E-state index in [1.165, 1.54) is 0 Å². The van der Waals surface area contributed by atoms with E-state index < -0.39 is 12.2 Å². The third kappa shape index (κ3) is 2.36. The van der Waals surface area contributed by atoms with Gasteiger partial charge < -0.3 is 20.8 Å². The molecule has 0 aromatic carbocycles. The first kappa shape index (κ1) is 8.29. The number of amides is 1. The first-order valence-electron chi connectivity index (χ1n) is 3.58. The fourth-order valence-corrected chi connectivity index (χ4v) is 1.17. The lowest BCUT2D eigenvalue weighted by molar-refractivity contribution is 0.0986. The molecule has 1 fully saturated rings. The van der Waals surface area contributed by atoms with Crippen molar-refractivity contribution in [3.05, 3.63) is 0 Å². The second-order valence-electron chi connectivity index (χ2n) is 2.62. The summed E-state index contributed by atoms with van der Waals surface area (Å²) in [5.74, 6) is 0. The number of aliphatic hydroxyl groups excluding tert-OH is 1. The Kier molecular flexibility index (Phi) is 2.67. The van der Waals surface area contributed by atoms with Crippen molar-refractivity contribution in [2.75, 3.05) is 13.1 Å². The quantitative estimate of drug-likeness (QED) is 0.395. The first-order valence-corrected chi connectivity index (χ1v) is 3.58. The fraction of sp³-hybridized carbons (Fsp3) is 0.833. The summed E-state index contributed by atoms with van der Waals surface area (Å²) < 4.78 is 0. The van der Waals surface area contributed by atoms with Gasteiger partial charge in [0.05, 0.1) is 12.1 Å². The molecule has 2 atom stereocenters. The molecule has 1 aliphatic rings. The highest BCUT2D eigenvalue weighted by Crippen LogP contribution is 2.02. The normalized spacial score (nSPS) is 31.4. The van der Waals surface area contributed by atoms with Gasteiger partial charge in [0.15, 0.2) is 0 Å². The molecular formula is C6H12N2O3. The van der Waals surface area contributed by atoms with Crippen LogP contribution in [0, 0.1) is 0 Å². The van der Waals surface area contributed by atoms with E-state index in [0.717, 1.165) is 6.54 Å². The monoisotopic (exact) mass is 160 g/mol. The molecule has 0 bridgehead atoms. The van der Waals surface area contributed by atoms with Crippen LogP contribution in [0.3, 0.4) is 0 Å². The van der Waals surface area contributed by atoms with E-state index in [4.69, 9.17) is 5.11 Å². The maximum Gasteiger partial charge on any atom is 0.404 e. The lowest BCUT2D eigenvalue weighted by Crippen LogP contribution is -2.52. The molecule has 11 heavy (non-hydrogen) atoms. The second kappa shape index (κ2) is 3.54. The average Bonchev–Trinajstić information content (AvgIpc) is 1.93. The molecule has 0 aromatic rings. The maximum atomic E-state index is 10.2. The van der Waals surface area contributed by atoms with Crippen LogP contribution in [-0.2, 0) is 0 Å². The van der Waals surface area contributed by atoms with Crippen molar-refractivity contribution in [2.45, 2.75) is 18.6 Å². The zero-order valence-electron chi connectivity index (χ0n) is 6.08. The maximum absolute atomic E-state index is 10.2. The Morgan fingerprint density at radius 3 is 2.91 bits per heavy atom. The molecule has 0 spiro atoms. The molecule has 1 rings (SSSR count). The van der Waals surface area contributed by atoms with Crippen LogP contribution in [-0.4, -0.2) is 41.5 Å². The first-order chi connectivity index (χ1) is 5.20. The molecule has 0 aliphatic carbocycles. The summed E-state index contributed by atoms with van der Waals surface area (Å²) in [6.07, 6.45) is -1.02. The van der Waals surface area contributed by atoms with Gasteiger partial charge in [0, 0.05) is 6.54 Å². The summed E-state index contributed by atoms with van der Waals surface area (Å²) in [5.41, 5.74) is 0. The Morgan fingerprint density at radius 1 is 1.64 bits per heavy atom. The molecule has 64 valence electrons. The number of rotatable bonds is 1. The Balaban J connectivity index is 2.35. The van der Waals surface area contributed by atoms with Crippen LogP contribution in [0.15, 0.2) is 0 Å². The predicted octanol–water partition coefficient (Wildman–Crippen LogP) is -1.02. The van der Waals surface area contributed by atoms with E-state index in [1.54, 1.807) is 0 Å². The highest BCUT2D eigenvalue weighted by Gasteiger charge is 2.23. The zero-order chi connectivity index (χ0) is 8.27. The van der Waals surface area contributed by atoms with Gasteiger partial charge in [-0.3, -0.25) is 0 Å². The van der Waals surface area contributed by atoms with Crippen molar-refractivity contribution in [3.8, 4) is 0 Å². The highest BCUT2D eigenvalue weighted by atomic mass is 16.4. The van der Waals surface area contributed by atoms with Gasteiger partial charge in [0.25, 0.3) is 0 Å². The van der Waals surface area contributed by atoms with Crippen LogP contribution in [0.1, 0.15) is 6.42 Å². The topological polar surface area (TPSA) is 81.6 Å². The number of hydrogen-bond donors (Lipinski definition) is 4. The third-order valence-corrected chi connectivity index (χ3v) is 1.76. The Hall–Kier alpha value is -0.810. The van der Waals surface area contributed by atoms with Gasteiger partial charge in [-0.1, -0.05) is 0 Å². The second-order valence-corrected chi connectivity index (χ2v) is 2.62. The van der Waals surface area contributed by atoms with Crippen molar-refractivity contribution in [2.24, 2.45) is 0 Å². The van der Waals surface area contributed by atoms with Gasteiger partial charge >= 0.3 is 6.09 Å². The van der Waals surface area contributed by atoms with Gasteiger partial charge in [0.2, 0.25) is 0 Å². The van der Waals surface area contributed by atoms with E-state index >= 15 is 0 Å². The standard InChI is InChI=1S/C6H12N2O3/c9-5-3-7-2-1-4(5)8-6(10)11/h4-5,7-9H,1-3H2,(H,10,11). The van der Waals surface area contributed by atoms with Crippen molar-refractivity contribution < 1.29 is 15.0 Å². The summed E-state index contributed by atoms with van der Waals surface area (Å²) in [6.45, 7) is 1.22. The van der Waals surface area contributed by atoms with E-state index in [1.807, 2.05) is 0 Å². The van der Waals surface area contributed by atoms with Gasteiger partial charge in [-0.15, -0.1) is 0 Å². The lowest BCUT2D eigenvalue weighted by Gasteiger charge is -2.27. The number of piperidine rings is 1. The Morgan fingerprint density at radius 2 is 2.36 bits per heavy atom. The molecule has 0 radical (unpaired) electrons. The van der Waals surface area contributed by atoms with E-state index in [9.17, 15) is 9.90 Å². The smallest absolute Gasteiger partial charge is 0.404 e. The average molecular weight is 160 g/mol. The molecule has 5 nitrogen and oxygen atoms in total. The van der Waals surface area contributed by atoms with Crippen LogP contribution in [0.5, 0.6) is 0 Å². The number of carbonyl (C=O) groups is 1. The number of nitrogens with one attached hydrogen (secondary N) is 2. The largest absolute Gasteiger partial charge is 0.465 e. The van der Waals surface area contributed by atoms with Crippen LogP contribution in [0.2, 0.25) is 0 Å². The summed E-state index contributed by atoms with van der Waals surface area (Å²) in [4.78, 5) is 10.2. The van der Waals surface area contributed by atoms with Crippen LogP contribution in [0.25, 0.3) is 0 Å². The molecule has 2 unspecified atom stereocenters. The molecule has 0 aromatic heterocycles. The van der Waals surface area contributed by atoms with E-state index in [-0.39, 0.29) is 6.04 Å². The number of carboxylic acid groups (broad SMARTS) is 1. The number of β-amino-alcohol motifs (C(OH)–C–C–N with tert-alkyl or cyclic N) is 1. The van der Waals surface area contributed by atoms with Crippen LogP contribution in [0.4, 0.5) is 4.79 Å². The minimum Gasteiger partial charge on any atom is -0.465 e. The van der Waals surface area contributed by atoms with Crippen molar-refractivity contribution in [1.29, 1.82) is 0 Å². The summed E-state index contributed by atoms with van der Waals surface area (Å²) in [6, 6.07) is -0.311. The van der Waals surface area contributed by atoms with Gasteiger partial charge in [-0.05, 0) is 13.0 Å². The minimum atomic E-state index is -1.07. The molecule has 4 N–H and O–H groups in total. The van der Waals surface area contributed by atoms with Gasteiger partial charge in [-0.2, -0.15) is 0 Å². The predicted molar refractivity (Wildman–Crippen MR) is 38.4 cm³/mol. The molecule has 1 aliphatic heterocycles. The summed E-state index contributed by atoms with van der Waals surface area (Å²) >= 11 is 0. The SMILES string of the molecule is O=C(O)NC1CCNCC1O. The molecule has 5 heteroatoms. The number of hydrogen-bond acceptors (Lipinski definition) is 3. The van der Waals surface area contributed by atoms with Crippen LogP contribution < -0.4 is 10.6 Å². The van der Waals surface area contributed by atoms with Crippen molar-refractivity contribution in [1.82, 2.24) is 10.6 Å².